The second-order valence-corrected chi connectivity index (χ2v) is 7.35. The van der Waals surface area contributed by atoms with Crippen molar-refractivity contribution in [2.24, 2.45) is 4.99 Å². The maximum Gasteiger partial charge on any atom is 0.194 e. The van der Waals surface area contributed by atoms with Crippen molar-refractivity contribution in [3.8, 4) is 11.5 Å². The molecule has 0 saturated carbocycles. The zero-order chi connectivity index (χ0) is 19.2. The Hall–Kier alpha value is -1.55. The van der Waals surface area contributed by atoms with Gasteiger partial charge in [-0.25, -0.2) is 9.98 Å². The molecule has 1 aromatic heterocycles. The number of aliphatic imine (C=N–C) groups is 1. The molecular weight excluding hydrogens is 487 g/mol. The predicted molar refractivity (Wildman–Crippen MR) is 125 cm³/mol. The summed E-state index contributed by atoms with van der Waals surface area (Å²) in [5.74, 6) is 2.50. The number of aryl methyl sites for hydroxylation is 1. The number of rotatable bonds is 6. The molecule has 1 aliphatic rings. The Balaban J connectivity index is 0.00000280. The lowest BCUT2D eigenvalue weighted by Crippen LogP contribution is -2.44. The van der Waals surface area contributed by atoms with Gasteiger partial charge in [0.15, 0.2) is 17.5 Å². The molecule has 0 saturated heterocycles. The minimum Gasteiger partial charge on any atom is -0.493 e. The molecule has 28 heavy (non-hydrogen) atoms. The molecule has 0 aliphatic carbocycles. The Bertz CT molecular complexity index is 809. The number of guanidine groups is 1. The quantitative estimate of drug-likeness (QED) is 0.359. The third-order valence-electron chi connectivity index (χ3n) is 4.65. The molecule has 0 spiro atoms. The molecule has 0 fully saturated rings. The summed E-state index contributed by atoms with van der Waals surface area (Å²) >= 11 is 1.71. The van der Waals surface area contributed by atoms with Gasteiger partial charge in [-0.2, -0.15) is 0 Å². The van der Waals surface area contributed by atoms with Crippen molar-refractivity contribution in [2.75, 3.05) is 27.3 Å². The number of ether oxygens (including phenoxy) is 2. The Kier molecular flexibility index (Phi) is 8.81. The summed E-state index contributed by atoms with van der Waals surface area (Å²) < 4.78 is 10.9. The molecule has 8 heteroatoms. The Morgan fingerprint density at radius 1 is 1.21 bits per heavy atom. The number of fused-ring (bicyclic) bond motifs is 1. The fourth-order valence-electron chi connectivity index (χ4n) is 3.23. The summed E-state index contributed by atoms with van der Waals surface area (Å²) in [5, 5.41) is 6.69. The number of methoxy groups -OCH3 is 2. The zero-order valence-corrected chi connectivity index (χ0v) is 20.1. The van der Waals surface area contributed by atoms with Gasteiger partial charge >= 0.3 is 0 Å². The molecule has 0 atom stereocenters. The number of nitrogens with zero attached hydrogens (tertiary/aromatic N) is 3. The van der Waals surface area contributed by atoms with Crippen LogP contribution in [0.15, 0.2) is 22.5 Å². The summed E-state index contributed by atoms with van der Waals surface area (Å²) in [6.07, 6.45) is 1.93. The molecule has 1 N–H and O–H groups in total. The van der Waals surface area contributed by atoms with Crippen LogP contribution < -0.4 is 14.8 Å². The number of halogens is 1. The highest BCUT2D eigenvalue weighted by Gasteiger charge is 2.21. The summed E-state index contributed by atoms with van der Waals surface area (Å²) in [6.45, 7) is 7.40. The Morgan fingerprint density at radius 2 is 1.93 bits per heavy atom. The van der Waals surface area contributed by atoms with Gasteiger partial charge in [0.25, 0.3) is 0 Å². The van der Waals surface area contributed by atoms with Gasteiger partial charge in [0, 0.05) is 25.0 Å². The summed E-state index contributed by atoms with van der Waals surface area (Å²) in [7, 11) is 3.35. The molecule has 154 valence electrons. The van der Waals surface area contributed by atoms with Gasteiger partial charge in [-0.3, -0.25) is 0 Å². The van der Waals surface area contributed by atoms with Crippen molar-refractivity contribution in [1.29, 1.82) is 0 Å². The van der Waals surface area contributed by atoms with Gasteiger partial charge in [0.1, 0.15) is 0 Å². The lowest BCUT2D eigenvalue weighted by Gasteiger charge is -2.32. The van der Waals surface area contributed by atoms with Crippen LogP contribution in [0.25, 0.3) is 0 Å². The van der Waals surface area contributed by atoms with Crippen LogP contribution in [0.4, 0.5) is 0 Å². The molecule has 2 heterocycles. The Labute approximate surface area is 188 Å². The van der Waals surface area contributed by atoms with Gasteiger partial charge in [-0.05, 0) is 43.0 Å². The Morgan fingerprint density at radius 3 is 2.54 bits per heavy atom. The van der Waals surface area contributed by atoms with E-state index in [0.717, 1.165) is 60.6 Å². The molecule has 0 radical (unpaired) electrons. The number of thiazole rings is 1. The lowest BCUT2D eigenvalue weighted by atomic mass is 9.99. The molecular formula is C20H29IN4O2S. The first-order valence-electron chi connectivity index (χ1n) is 9.38. The van der Waals surface area contributed by atoms with Crippen LogP contribution in [0.2, 0.25) is 0 Å². The van der Waals surface area contributed by atoms with Gasteiger partial charge in [-0.15, -0.1) is 35.3 Å². The topological polar surface area (TPSA) is 59.0 Å². The van der Waals surface area contributed by atoms with E-state index in [0.29, 0.717) is 6.54 Å². The molecule has 1 aromatic carbocycles. The molecule has 3 rings (SSSR count). The fraction of sp³-hybridized carbons (Fsp3) is 0.500. The van der Waals surface area contributed by atoms with Crippen LogP contribution in [0.1, 0.15) is 35.7 Å². The number of nitrogens with one attached hydrogen (secondary N) is 1. The maximum absolute atomic E-state index is 5.47. The number of aromatic nitrogens is 1. The van der Waals surface area contributed by atoms with Crippen molar-refractivity contribution in [2.45, 2.75) is 39.8 Å². The number of hydrogen-bond donors (Lipinski definition) is 1. The van der Waals surface area contributed by atoms with Crippen LogP contribution in [0.5, 0.6) is 11.5 Å². The molecule has 0 unspecified atom stereocenters. The number of hydrogen-bond acceptors (Lipinski definition) is 5. The van der Waals surface area contributed by atoms with Crippen molar-refractivity contribution in [3.05, 3.63) is 39.3 Å². The largest absolute Gasteiger partial charge is 0.493 e. The maximum atomic E-state index is 5.47. The summed E-state index contributed by atoms with van der Waals surface area (Å²) in [6, 6.07) is 4.18. The minimum atomic E-state index is 0. The van der Waals surface area contributed by atoms with E-state index in [2.05, 4.69) is 46.6 Å². The van der Waals surface area contributed by atoms with E-state index in [1.807, 2.05) is 0 Å². The van der Waals surface area contributed by atoms with E-state index in [1.54, 1.807) is 25.6 Å². The minimum absolute atomic E-state index is 0. The van der Waals surface area contributed by atoms with E-state index in [1.165, 1.54) is 11.1 Å². The standard InChI is InChI=1S/C20H28N4O2S.HI/c1-5-19-23-16(13-27-19)11-22-20(21-6-2)24-8-7-14-9-17(25-3)18(26-4)10-15(14)12-24;/h9-10,13H,5-8,11-12H2,1-4H3,(H,21,22);1H. The first-order chi connectivity index (χ1) is 13.2. The second-order valence-electron chi connectivity index (χ2n) is 6.40. The first kappa shape index (κ1) is 22.7. The van der Waals surface area contributed by atoms with Crippen LogP contribution >= 0.6 is 35.3 Å². The van der Waals surface area contributed by atoms with Gasteiger partial charge < -0.3 is 19.7 Å². The van der Waals surface area contributed by atoms with Crippen LogP contribution in [-0.2, 0) is 25.9 Å². The van der Waals surface area contributed by atoms with Gasteiger partial charge in [-0.1, -0.05) is 6.92 Å². The van der Waals surface area contributed by atoms with Gasteiger partial charge in [0.05, 0.1) is 31.5 Å². The van der Waals surface area contributed by atoms with Crippen LogP contribution in [0.3, 0.4) is 0 Å². The van der Waals surface area contributed by atoms with E-state index in [-0.39, 0.29) is 24.0 Å². The summed E-state index contributed by atoms with van der Waals surface area (Å²) in [5.41, 5.74) is 3.61. The van der Waals surface area contributed by atoms with Crippen molar-refractivity contribution >= 4 is 41.3 Å². The SMILES string of the molecule is CCNC(=NCc1csc(CC)n1)N1CCc2cc(OC)c(OC)cc2C1.I. The van der Waals surface area contributed by atoms with Crippen molar-refractivity contribution in [1.82, 2.24) is 15.2 Å². The highest BCUT2D eigenvalue weighted by Crippen LogP contribution is 2.33. The van der Waals surface area contributed by atoms with Crippen LogP contribution in [-0.4, -0.2) is 43.2 Å². The summed E-state index contributed by atoms with van der Waals surface area (Å²) in [4.78, 5) is 11.7. The van der Waals surface area contributed by atoms with Crippen LogP contribution in [0, 0.1) is 0 Å². The average molecular weight is 516 g/mol. The van der Waals surface area contributed by atoms with Gasteiger partial charge in [0.2, 0.25) is 0 Å². The normalized spacial score (nSPS) is 13.6. The smallest absolute Gasteiger partial charge is 0.194 e. The molecule has 1 aliphatic heterocycles. The second kappa shape index (κ2) is 10.8. The monoisotopic (exact) mass is 516 g/mol. The third kappa shape index (κ3) is 5.28. The molecule has 2 aromatic rings. The molecule has 0 bridgehead atoms. The molecule has 6 nitrogen and oxygen atoms in total. The van der Waals surface area contributed by atoms with Crippen molar-refractivity contribution < 1.29 is 9.47 Å². The molecule has 0 amide bonds. The van der Waals surface area contributed by atoms with E-state index >= 15 is 0 Å². The van der Waals surface area contributed by atoms with E-state index in [9.17, 15) is 0 Å². The van der Waals surface area contributed by atoms with E-state index in [4.69, 9.17) is 14.5 Å². The predicted octanol–water partition coefficient (Wildman–Crippen LogP) is 3.86. The third-order valence-corrected chi connectivity index (χ3v) is 5.69. The first-order valence-corrected chi connectivity index (χ1v) is 10.3. The zero-order valence-electron chi connectivity index (χ0n) is 16.9. The highest BCUT2D eigenvalue weighted by molar-refractivity contribution is 14.0. The van der Waals surface area contributed by atoms with Crippen molar-refractivity contribution in [3.63, 3.8) is 0 Å². The fourth-order valence-corrected chi connectivity index (χ4v) is 3.97. The number of benzene rings is 1. The highest BCUT2D eigenvalue weighted by atomic mass is 127. The average Bonchev–Trinajstić information content (AvgIpc) is 3.17. The lowest BCUT2D eigenvalue weighted by molar-refractivity contribution is 0.346. The van der Waals surface area contributed by atoms with E-state index < -0.39 is 0 Å².